The molecule has 0 spiro atoms. The van der Waals surface area contributed by atoms with Crippen LogP contribution < -0.4 is 10.2 Å². The van der Waals surface area contributed by atoms with Gasteiger partial charge in [0.15, 0.2) is 0 Å². The Morgan fingerprint density at radius 1 is 1.25 bits per heavy atom. The van der Waals surface area contributed by atoms with Crippen LogP contribution in [-0.2, 0) is 4.79 Å². The van der Waals surface area contributed by atoms with E-state index in [2.05, 4.69) is 16.3 Å². The number of nitrogens with zero attached hydrogens (tertiary/aromatic N) is 2. The fourth-order valence-electron chi connectivity index (χ4n) is 2.76. The number of benzene rings is 1. The summed E-state index contributed by atoms with van der Waals surface area (Å²) in [5, 5.41) is 3.97. The van der Waals surface area contributed by atoms with Gasteiger partial charge in [0.05, 0.1) is 0 Å². The molecule has 0 atom stereocenters. The molecule has 2 fully saturated rings. The van der Waals surface area contributed by atoms with Crippen molar-refractivity contribution in [1.82, 2.24) is 10.2 Å². The molecule has 3 rings (SSSR count). The Bertz CT molecular complexity index is 482. The summed E-state index contributed by atoms with van der Waals surface area (Å²) in [6.45, 7) is 5.38. The first kappa shape index (κ1) is 13.7. The van der Waals surface area contributed by atoms with E-state index < -0.39 is 0 Å². The Labute approximate surface area is 124 Å². The number of nitrogens with one attached hydrogen (secondary N) is 1. The van der Waals surface area contributed by atoms with E-state index in [0.717, 1.165) is 50.0 Å². The van der Waals surface area contributed by atoms with Gasteiger partial charge in [0.1, 0.15) is 0 Å². The van der Waals surface area contributed by atoms with Gasteiger partial charge in [0.2, 0.25) is 5.91 Å². The average molecular weight is 294 g/mol. The quantitative estimate of drug-likeness (QED) is 0.919. The molecular formula is C15H20ClN3O. The van der Waals surface area contributed by atoms with Gasteiger partial charge in [-0.15, -0.1) is 0 Å². The lowest BCUT2D eigenvalue weighted by Gasteiger charge is -2.37. The topological polar surface area (TPSA) is 35.6 Å². The number of piperazine rings is 1. The smallest absolute Gasteiger partial charge is 0.223 e. The highest BCUT2D eigenvalue weighted by Gasteiger charge is 2.26. The van der Waals surface area contributed by atoms with Crippen molar-refractivity contribution in [3.63, 3.8) is 0 Å². The van der Waals surface area contributed by atoms with Gasteiger partial charge in [0.25, 0.3) is 0 Å². The maximum atomic E-state index is 12.2. The lowest BCUT2D eigenvalue weighted by atomic mass is 9.98. The maximum Gasteiger partial charge on any atom is 0.223 e. The van der Waals surface area contributed by atoms with Crippen LogP contribution in [0.25, 0.3) is 0 Å². The molecule has 0 bridgehead atoms. The minimum Gasteiger partial charge on any atom is -0.368 e. The third-order valence-corrected chi connectivity index (χ3v) is 4.37. The van der Waals surface area contributed by atoms with Crippen LogP contribution in [-0.4, -0.2) is 50.1 Å². The molecule has 1 aromatic rings. The van der Waals surface area contributed by atoms with Gasteiger partial charge in [-0.2, -0.15) is 0 Å². The highest BCUT2D eigenvalue weighted by atomic mass is 35.5. The van der Waals surface area contributed by atoms with E-state index in [0.29, 0.717) is 18.2 Å². The lowest BCUT2D eigenvalue weighted by molar-refractivity contribution is -0.132. The number of halogens is 1. The van der Waals surface area contributed by atoms with Crippen LogP contribution in [0.3, 0.4) is 0 Å². The van der Waals surface area contributed by atoms with Gasteiger partial charge in [-0.3, -0.25) is 4.79 Å². The molecule has 20 heavy (non-hydrogen) atoms. The first-order valence-corrected chi connectivity index (χ1v) is 7.59. The zero-order chi connectivity index (χ0) is 13.9. The SMILES string of the molecule is O=C(CC1CNC1)N1CCN(c2cccc(Cl)c2)CC1. The highest BCUT2D eigenvalue weighted by Crippen LogP contribution is 2.21. The van der Waals surface area contributed by atoms with Gasteiger partial charge in [-0.25, -0.2) is 0 Å². The summed E-state index contributed by atoms with van der Waals surface area (Å²) < 4.78 is 0. The third kappa shape index (κ3) is 3.07. The summed E-state index contributed by atoms with van der Waals surface area (Å²) in [7, 11) is 0. The van der Waals surface area contributed by atoms with Crippen molar-refractivity contribution in [3.05, 3.63) is 29.3 Å². The van der Waals surface area contributed by atoms with E-state index in [-0.39, 0.29) is 0 Å². The van der Waals surface area contributed by atoms with E-state index in [1.54, 1.807) is 0 Å². The van der Waals surface area contributed by atoms with E-state index in [1.165, 1.54) is 0 Å². The van der Waals surface area contributed by atoms with Gasteiger partial charge in [-0.1, -0.05) is 17.7 Å². The molecule has 1 aromatic carbocycles. The Balaban J connectivity index is 1.52. The monoisotopic (exact) mass is 293 g/mol. The van der Waals surface area contributed by atoms with Gasteiger partial charge >= 0.3 is 0 Å². The Morgan fingerprint density at radius 2 is 2.00 bits per heavy atom. The summed E-state index contributed by atoms with van der Waals surface area (Å²) >= 11 is 6.03. The summed E-state index contributed by atoms with van der Waals surface area (Å²) in [5.41, 5.74) is 1.15. The van der Waals surface area contributed by atoms with Crippen molar-refractivity contribution < 1.29 is 4.79 Å². The number of anilines is 1. The van der Waals surface area contributed by atoms with E-state index >= 15 is 0 Å². The van der Waals surface area contributed by atoms with Crippen LogP contribution >= 0.6 is 11.6 Å². The molecule has 0 unspecified atom stereocenters. The molecule has 5 heteroatoms. The normalized spacial score (nSPS) is 19.9. The summed E-state index contributed by atoms with van der Waals surface area (Å²) in [6, 6.07) is 7.92. The summed E-state index contributed by atoms with van der Waals surface area (Å²) in [4.78, 5) is 16.4. The Hall–Kier alpha value is -1.26. The van der Waals surface area contributed by atoms with Gasteiger partial charge in [0, 0.05) is 43.3 Å². The molecule has 0 saturated carbocycles. The number of carbonyl (C=O) groups is 1. The second-order valence-corrected chi connectivity index (χ2v) is 6.01. The van der Waals surface area contributed by atoms with Crippen LogP contribution in [0, 0.1) is 5.92 Å². The third-order valence-electron chi connectivity index (χ3n) is 4.14. The minimum absolute atomic E-state index is 0.308. The van der Waals surface area contributed by atoms with Crippen molar-refractivity contribution in [3.8, 4) is 0 Å². The molecule has 2 aliphatic rings. The van der Waals surface area contributed by atoms with Crippen LogP contribution in [0.15, 0.2) is 24.3 Å². The van der Waals surface area contributed by atoms with Crippen LogP contribution in [0.2, 0.25) is 5.02 Å². The molecule has 2 saturated heterocycles. The second-order valence-electron chi connectivity index (χ2n) is 5.58. The maximum absolute atomic E-state index is 12.2. The molecule has 2 heterocycles. The van der Waals surface area contributed by atoms with Crippen LogP contribution in [0.5, 0.6) is 0 Å². The predicted molar refractivity (Wildman–Crippen MR) is 81.2 cm³/mol. The van der Waals surface area contributed by atoms with Crippen molar-refractivity contribution in [1.29, 1.82) is 0 Å². The molecule has 108 valence electrons. The fourth-order valence-corrected chi connectivity index (χ4v) is 2.94. The molecule has 0 aromatic heterocycles. The lowest BCUT2D eigenvalue weighted by Crippen LogP contribution is -2.51. The summed E-state index contributed by atoms with van der Waals surface area (Å²) in [5.74, 6) is 0.857. The molecule has 0 radical (unpaired) electrons. The highest BCUT2D eigenvalue weighted by molar-refractivity contribution is 6.30. The van der Waals surface area contributed by atoms with Crippen molar-refractivity contribution in [2.45, 2.75) is 6.42 Å². The fraction of sp³-hybridized carbons (Fsp3) is 0.533. The molecule has 1 N–H and O–H groups in total. The van der Waals surface area contributed by atoms with Crippen molar-refractivity contribution in [2.24, 2.45) is 5.92 Å². The van der Waals surface area contributed by atoms with Crippen molar-refractivity contribution in [2.75, 3.05) is 44.2 Å². The second kappa shape index (κ2) is 6.02. The molecule has 4 nitrogen and oxygen atoms in total. The van der Waals surface area contributed by atoms with E-state index in [9.17, 15) is 4.79 Å². The van der Waals surface area contributed by atoms with Gasteiger partial charge in [-0.05, 0) is 37.2 Å². The average Bonchev–Trinajstić information content (AvgIpc) is 2.43. The molecule has 1 amide bonds. The molecule has 2 aliphatic heterocycles. The van der Waals surface area contributed by atoms with Crippen LogP contribution in [0.1, 0.15) is 6.42 Å². The number of amides is 1. The largest absolute Gasteiger partial charge is 0.368 e. The Morgan fingerprint density at radius 3 is 2.60 bits per heavy atom. The first-order valence-electron chi connectivity index (χ1n) is 7.21. The first-order chi connectivity index (χ1) is 9.72. The summed E-state index contributed by atoms with van der Waals surface area (Å²) in [6.07, 6.45) is 0.699. The number of rotatable bonds is 3. The standard InChI is InChI=1S/C15H20ClN3O/c16-13-2-1-3-14(9-13)18-4-6-19(7-5-18)15(20)8-12-10-17-11-12/h1-3,9,12,17H,4-8,10-11H2. The van der Waals surface area contributed by atoms with Gasteiger partial charge < -0.3 is 15.1 Å². The predicted octanol–water partition coefficient (Wildman–Crippen LogP) is 1.60. The van der Waals surface area contributed by atoms with Crippen LogP contribution in [0.4, 0.5) is 5.69 Å². The number of hydrogen-bond donors (Lipinski definition) is 1. The molecule has 0 aliphatic carbocycles. The number of hydrogen-bond acceptors (Lipinski definition) is 3. The van der Waals surface area contributed by atoms with E-state index in [1.807, 2.05) is 23.1 Å². The number of carbonyl (C=O) groups excluding carboxylic acids is 1. The molecular weight excluding hydrogens is 274 g/mol. The van der Waals surface area contributed by atoms with E-state index in [4.69, 9.17) is 11.6 Å². The van der Waals surface area contributed by atoms with Crippen molar-refractivity contribution >= 4 is 23.2 Å². The Kier molecular flexibility index (Phi) is 4.13. The zero-order valence-corrected chi connectivity index (χ0v) is 12.3. The zero-order valence-electron chi connectivity index (χ0n) is 11.5. The minimum atomic E-state index is 0.308.